The Morgan fingerprint density at radius 2 is 1.83 bits per heavy atom. The van der Waals surface area contributed by atoms with Gasteiger partial charge in [0.1, 0.15) is 6.10 Å². The quantitative estimate of drug-likeness (QED) is 0.685. The monoisotopic (exact) mass is 316 g/mol. The molecule has 2 aromatic rings. The summed E-state index contributed by atoms with van der Waals surface area (Å²) in [7, 11) is 0. The second-order valence-corrected chi connectivity index (χ2v) is 5.16. The molecule has 0 aliphatic carbocycles. The minimum absolute atomic E-state index is 0.491. The van der Waals surface area contributed by atoms with Gasteiger partial charge >= 0.3 is 0 Å². The zero-order chi connectivity index (χ0) is 17.2. The Morgan fingerprint density at radius 3 is 2.50 bits per heavy atom. The standard InChI is InChI=1S/C22H20O2/c1-3-24-21(17-14-19-8-5-4-6-9-19)10-7-11-22(23)20-15-12-18(2)13-16-20/h4-6,8-10,12-13,15-16,22-23H,3H2,1-2H3/b21-10+. The van der Waals surface area contributed by atoms with Gasteiger partial charge in [-0.05, 0) is 37.5 Å². The van der Waals surface area contributed by atoms with Crippen molar-refractivity contribution in [1.82, 2.24) is 0 Å². The summed E-state index contributed by atoms with van der Waals surface area (Å²) in [4.78, 5) is 0. The van der Waals surface area contributed by atoms with Crippen molar-refractivity contribution >= 4 is 0 Å². The van der Waals surface area contributed by atoms with Crippen molar-refractivity contribution in [3.63, 3.8) is 0 Å². The van der Waals surface area contributed by atoms with Gasteiger partial charge in [0.25, 0.3) is 0 Å². The first-order valence-electron chi connectivity index (χ1n) is 7.84. The summed E-state index contributed by atoms with van der Waals surface area (Å²) >= 11 is 0. The number of allylic oxidation sites excluding steroid dienone is 2. The lowest BCUT2D eigenvalue weighted by Gasteiger charge is -2.03. The largest absolute Gasteiger partial charge is 0.485 e. The Kier molecular flexibility index (Phi) is 6.72. The second-order valence-electron chi connectivity index (χ2n) is 5.16. The fraction of sp³-hybridized carbons (Fsp3) is 0.182. The van der Waals surface area contributed by atoms with Crippen LogP contribution in [0.5, 0.6) is 0 Å². The molecule has 0 aliphatic rings. The summed E-state index contributed by atoms with van der Waals surface area (Å²) in [5.74, 6) is 12.1. The minimum atomic E-state index is -0.827. The van der Waals surface area contributed by atoms with E-state index in [1.807, 2.05) is 68.4 Å². The zero-order valence-electron chi connectivity index (χ0n) is 13.9. The van der Waals surface area contributed by atoms with E-state index in [1.54, 1.807) is 6.08 Å². The molecule has 1 atom stereocenters. The van der Waals surface area contributed by atoms with E-state index in [2.05, 4.69) is 23.7 Å². The number of aliphatic hydroxyl groups excluding tert-OH is 1. The van der Waals surface area contributed by atoms with Crippen molar-refractivity contribution in [2.45, 2.75) is 20.0 Å². The average molecular weight is 316 g/mol. The van der Waals surface area contributed by atoms with Gasteiger partial charge in [0.15, 0.2) is 5.76 Å². The molecule has 0 bridgehead atoms. The van der Waals surface area contributed by atoms with Crippen LogP contribution in [-0.4, -0.2) is 11.7 Å². The molecule has 1 N–H and O–H groups in total. The predicted molar refractivity (Wildman–Crippen MR) is 96.9 cm³/mol. The summed E-state index contributed by atoms with van der Waals surface area (Å²) in [6.07, 6.45) is 0.767. The van der Waals surface area contributed by atoms with Gasteiger partial charge in [-0.1, -0.05) is 65.8 Å². The highest BCUT2D eigenvalue weighted by atomic mass is 16.5. The van der Waals surface area contributed by atoms with Crippen LogP contribution < -0.4 is 0 Å². The molecule has 0 aromatic heterocycles. The third kappa shape index (κ3) is 5.69. The van der Waals surface area contributed by atoms with Crippen LogP contribution in [-0.2, 0) is 4.74 Å². The normalized spacial score (nSPS) is 11.5. The Balaban J connectivity index is 2.11. The van der Waals surface area contributed by atoms with E-state index in [9.17, 15) is 5.11 Å². The van der Waals surface area contributed by atoms with Crippen LogP contribution in [0.2, 0.25) is 0 Å². The molecule has 2 aromatic carbocycles. The number of hydrogen-bond acceptors (Lipinski definition) is 2. The van der Waals surface area contributed by atoms with Crippen LogP contribution in [0.15, 0.2) is 66.4 Å². The van der Waals surface area contributed by atoms with Crippen LogP contribution >= 0.6 is 0 Å². The van der Waals surface area contributed by atoms with Crippen molar-refractivity contribution in [2.24, 2.45) is 0 Å². The highest BCUT2D eigenvalue weighted by Gasteiger charge is 2.01. The lowest BCUT2D eigenvalue weighted by Crippen LogP contribution is -1.93. The highest BCUT2D eigenvalue weighted by Crippen LogP contribution is 2.12. The predicted octanol–water partition coefficient (Wildman–Crippen LogP) is 4.00. The lowest BCUT2D eigenvalue weighted by atomic mass is 10.1. The summed E-state index contributed by atoms with van der Waals surface area (Å²) in [6.45, 7) is 4.41. The van der Waals surface area contributed by atoms with E-state index in [0.717, 1.165) is 16.7 Å². The first kappa shape index (κ1) is 17.4. The van der Waals surface area contributed by atoms with E-state index in [-0.39, 0.29) is 0 Å². The Morgan fingerprint density at radius 1 is 1.12 bits per heavy atom. The smallest absolute Gasteiger partial charge is 0.178 e. The van der Waals surface area contributed by atoms with Crippen LogP contribution in [0, 0.1) is 30.6 Å². The van der Waals surface area contributed by atoms with E-state index < -0.39 is 6.10 Å². The van der Waals surface area contributed by atoms with Crippen molar-refractivity contribution in [3.05, 3.63) is 83.1 Å². The number of hydrogen-bond donors (Lipinski definition) is 1. The maximum atomic E-state index is 10.1. The maximum absolute atomic E-state index is 10.1. The number of aliphatic hydroxyl groups is 1. The molecule has 1 unspecified atom stereocenters. The van der Waals surface area contributed by atoms with Crippen molar-refractivity contribution in [3.8, 4) is 23.7 Å². The third-order valence-electron chi connectivity index (χ3n) is 3.22. The molecule has 2 nitrogen and oxygen atoms in total. The number of ether oxygens (including phenoxy) is 1. The zero-order valence-corrected chi connectivity index (χ0v) is 13.9. The molecule has 0 saturated carbocycles. The van der Waals surface area contributed by atoms with E-state index >= 15 is 0 Å². The van der Waals surface area contributed by atoms with Gasteiger partial charge in [-0.25, -0.2) is 0 Å². The lowest BCUT2D eigenvalue weighted by molar-refractivity contribution is 0.238. The summed E-state index contributed by atoms with van der Waals surface area (Å²) in [5, 5.41) is 10.1. The van der Waals surface area contributed by atoms with Crippen molar-refractivity contribution in [2.75, 3.05) is 6.61 Å². The third-order valence-corrected chi connectivity index (χ3v) is 3.22. The molecule has 0 aliphatic heterocycles. The molecule has 2 heteroatoms. The van der Waals surface area contributed by atoms with E-state index in [1.165, 1.54) is 0 Å². The van der Waals surface area contributed by atoms with Gasteiger partial charge in [-0.15, -0.1) is 0 Å². The number of aryl methyl sites for hydroxylation is 1. The van der Waals surface area contributed by atoms with Gasteiger partial charge < -0.3 is 9.84 Å². The Bertz CT molecular complexity index is 794. The van der Waals surface area contributed by atoms with Gasteiger partial charge in [-0.3, -0.25) is 0 Å². The topological polar surface area (TPSA) is 29.5 Å². The molecule has 0 fully saturated rings. The van der Waals surface area contributed by atoms with Gasteiger partial charge in [0.2, 0.25) is 0 Å². The van der Waals surface area contributed by atoms with Crippen LogP contribution in [0.3, 0.4) is 0 Å². The molecule has 0 heterocycles. The maximum Gasteiger partial charge on any atom is 0.178 e. The molecule has 2 rings (SSSR count). The molecule has 0 amide bonds. The van der Waals surface area contributed by atoms with E-state index in [0.29, 0.717) is 12.4 Å². The molecule has 120 valence electrons. The highest BCUT2D eigenvalue weighted by molar-refractivity contribution is 5.41. The number of benzene rings is 2. The molecular formula is C22H20O2. The SMILES string of the molecule is CCO/C(C#Cc1ccccc1)=C/C#CC(O)c1ccc(C)cc1. The molecular weight excluding hydrogens is 296 g/mol. The molecule has 0 radical (unpaired) electrons. The fourth-order valence-corrected chi connectivity index (χ4v) is 1.94. The van der Waals surface area contributed by atoms with E-state index in [4.69, 9.17) is 4.74 Å². The first-order valence-corrected chi connectivity index (χ1v) is 7.84. The van der Waals surface area contributed by atoms with Crippen LogP contribution in [0.25, 0.3) is 0 Å². The molecule has 24 heavy (non-hydrogen) atoms. The van der Waals surface area contributed by atoms with Gasteiger partial charge in [0.05, 0.1) is 6.61 Å². The Labute approximate surface area is 143 Å². The van der Waals surface area contributed by atoms with Gasteiger partial charge in [0, 0.05) is 11.6 Å². The Hall–Kier alpha value is -2.94. The fourth-order valence-electron chi connectivity index (χ4n) is 1.94. The van der Waals surface area contributed by atoms with Crippen LogP contribution in [0.4, 0.5) is 0 Å². The minimum Gasteiger partial charge on any atom is -0.485 e. The molecule has 0 spiro atoms. The first-order chi connectivity index (χ1) is 11.7. The summed E-state index contributed by atoms with van der Waals surface area (Å²) in [6, 6.07) is 17.3. The average Bonchev–Trinajstić information content (AvgIpc) is 2.61. The summed E-state index contributed by atoms with van der Waals surface area (Å²) in [5.41, 5.74) is 2.83. The second kappa shape index (κ2) is 9.26. The van der Waals surface area contributed by atoms with Crippen molar-refractivity contribution < 1.29 is 9.84 Å². The molecule has 0 saturated heterocycles. The number of rotatable bonds is 3. The van der Waals surface area contributed by atoms with Gasteiger partial charge in [-0.2, -0.15) is 0 Å². The van der Waals surface area contributed by atoms with Crippen molar-refractivity contribution in [1.29, 1.82) is 0 Å². The summed E-state index contributed by atoms with van der Waals surface area (Å²) < 4.78 is 5.47. The van der Waals surface area contributed by atoms with Crippen LogP contribution in [0.1, 0.15) is 29.7 Å².